The van der Waals surface area contributed by atoms with Gasteiger partial charge in [0, 0.05) is 19.2 Å². The molecule has 116 valence electrons. The van der Waals surface area contributed by atoms with Crippen molar-refractivity contribution in [1.82, 2.24) is 9.38 Å². The molecule has 0 radical (unpaired) electrons. The van der Waals surface area contributed by atoms with Crippen LogP contribution in [0.25, 0.3) is 5.65 Å². The zero-order valence-corrected chi connectivity index (χ0v) is 11.9. The van der Waals surface area contributed by atoms with Crippen molar-refractivity contribution < 1.29 is 13.2 Å². The topological polar surface area (TPSA) is 46.6 Å². The predicted molar refractivity (Wildman–Crippen MR) is 76.5 cm³/mol. The monoisotopic (exact) mass is 300 g/mol. The number of fused-ring (bicyclic) bond motifs is 1. The van der Waals surface area contributed by atoms with E-state index in [0.29, 0.717) is 37.4 Å². The van der Waals surface area contributed by atoms with Gasteiger partial charge >= 0.3 is 6.18 Å². The fourth-order valence-electron chi connectivity index (χ4n) is 2.40. The van der Waals surface area contributed by atoms with E-state index < -0.39 is 12.7 Å². The Kier molecular flexibility index (Phi) is 4.72. The second kappa shape index (κ2) is 6.34. The highest BCUT2D eigenvalue weighted by Gasteiger charge is 2.32. The number of rotatable bonds is 6. The molecule has 4 nitrogen and oxygen atoms in total. The molecule has 0 aliphatic carbocycles. The molecule has 0 spiro atoms. The van der Waals surface area contributed by atoms with Crippen LogP contribution in [0.2, 0.25) is 0 Å². The molecule has 2 N–H and O–H groups in total. The zero-order valence-electron chi connectivity index (χ0n) is 11.9. The number of hydrogen-bond donors (Lipinski definition) is 1. The Labute approximate surface area is 121 Å². The molecule has 0 atom stereocenters. The number of pyridine rings is 1. The van der Waals surface area contributed by atoms with Crippen molar-refractivity contribution >= 4 is 11.5 Å². The second-order valence-electron chi connectivity index (χ2n) is 4.89. The molecule has 2 rings (SSSR count). The van der Waals surface area contributed by atoms with E-state index in [2.05, 4.69) is 4.98 Å². The summed E-state index contributed by atoms with van der Waals surface area (Å²) in [5.41, 5.74) is 6.96. The van der Waals surface area contributed by atoms with E-state index in [-0.39, 0.29) is 0 Å². The van der Waals surface area contributed by atoms with E-state index >= 15 is 0 Å². The van der Waals surface area contributed by atoms with Gasteiger partial charge in [-0.05, 0) is 25.1 Å². The fraction of sp³-hybridized carbons (Fsp3) is 0.500. The van der Waals surface area contributed by atoms with Crippen LogP contribution in [0.5, 0.6) is 0 Å². The summed E-state index contributed by atoms with van der Waals surface area (Å²) in [5, 5.41) is 0. The highest BCUT2D eigenvalue weighted by atomic mass is 19.4. The van der Waals surface area contributed by atoms with Crippen LogP contribution in [0.15, 0.2) is 24.4 Å². The third kappa shape index (κ3) is 3.66. The number of nitrogens with zero attached hydrogens (tertiary/aromatic N) is 3. The van der Waals surface area contributed by atoms with Gasteiger partial charge in [0.15, 0.2) is 5.82 Å². The van der Waals surface area contributed by atoms with Gasteiger partial charge < -0.3 is 15.0 Å². The van der Waals surface area contributed by atoms with E-state index in [0.717, 1.165) is 5.69 Å². The first-order valence-corrected chi connectivity index (χ1v) is 6.94. The Hall–Kier alpha value is -1.76. The van der Waals surface area contributed by atoms with E-state index in [1.54, 1.807) is 16.7 Å². The number of hydrogen-bond acceptors (Lipinski definition) is 3. The second-order valence-corrected chi connectivity index (χ2v) is 4.89. The van der Waals surface area contributed by atoms with Crippen LogP contribution in [0.1, 0.15) is 19.0 Å². The van der Waals surface area contributed by atoms with Gasteiger partial charge in [0.2, 0.25) is 0 Å². The smallest absolute Gasteiger partial charge is 0.346 e. The van der Waals surface area contributed by atoms with Gasteiger partial charge in [-0.1, -0.05) is 13.0 Å². The van der Waals surface area contributed by atoms with Crippen LogP contribution in [0, 0.1) is 0 Å². The fourth-order valence-corrected chi connectivity index (χ4v) is 2.40. The Morgan fingerprint density at radius 3 is 2.71 bits per heavy atom. The van der Waals surface area contributed by atoms with Crippen LogP contribution in [-0.2, 0) is 6.42 Å². The Balaban J connectivity index is 2.47. The van der Waals surface area contributed by atoms with Gasteiger partial charge in [0.1, 0.15) is 12.2 Å². The molecule has 0 aliphatic heterocycles. The number of aromatic nitrogens is 2. The van der Waals surface area contributed by atoms with Crippen LogP contribution in [-0.4, -0.2) is 35.2 Å². The van der Waals surface area contributed by atoms with E-state index in [4.69, 9.17) is 5.73 Å². The van der Waals surface area contributed by atoms with Crippen molar-refractivity contribution in [3.63, 3.8) is 0 Å². The van der Waals surface area contributed by atoms with E-state index in [1.165, 1.54) is 4.90 Å². The van der Waals surface area contributed by atoms with Crippen LogP contribution in [0.3, 0.4) is 0 Å². The standard InChI is InChI=1S/C14H19F3N4/c1-2-8-20(10-14(15,16)17)13-11(6-7-18)21-9-4-3-5-12(21)19-13/h3-5,9H,2,6-8,10,18H2,1H3. The molecular weight excluding hydrogens is 281 g/mol. The van der Waals surface area contributed by atoms with Gasteiger partial charge in [-0.15, -0.1) is 0 Å². The Morgan fingerprint density at radius 2 is 2.10 bits per heavy atom. The molecule has 0 bridgehead atoms. The van der Waals surface area contributed by atoms with Crippen molar-refractivity contribution in [3.8, 4) is 0 Å². The lowest BCUT2D eigenvalue weighted by molar-refractivity contribution is -0.119. The molecule has 0 aromatic carbocycles. The van der Waals surface area contributed by atoms with Crippen molar-refractivity contribution in [2.45, 2.75) is 25.9 Å². The summed E-state index contributed by atoms with van der Waals surface area (Å²) >= 11 is 0. The first kappa shape index (κ1) is 15.6. The minimum absolute atomic E-state index is 0.307. The van der Waals surface area contributed by atoms with E-state index in [9.17, 15) is 13.2 Å². The summed E-state index contributed by atoms with van der Waals surface area (Å²) in [6, 6.07) is 5.42. The Bertz CT molecular complexity index is 591. The number of nitrogens with two attached hydrogens (primary N) is 1. The van der Waals surface area contributed by atoms with Gasteiger partial charge in [0.05, 0.1) is 5.69 Å². The average Bonchev–Trinajstić information content (AvgIpc) is 2.77. The van der Waals surface area contributed by atoms with Crippen molar-refractivity contribution in [3.05, 3.63) is 30.1 Å². The van der Waals surface area contributed by atoms with Crippen LogP contribution >= 0.6 is 0 Å². The molecule has 2 aromatic heterocycles. The lowest BCUT2D eigenvalue weighted by Gasteiger charge is -2.24. The Morgan fingerprint density at radius 1 is 1.33 bits per heavy atom. The largest absolute Gasteiger partial charge is 0.405 e. The minimum Gasteiger partial charge on any atom is -0.346 e. The van der Waals surface area contributed by atoms with Gasteiger partial charge in [0.25, 0.3) is 0 Å². The highest BCUT2D eigenvalue weighted by molar-refractivity contribution is 5.56. The normalized spacial score (nSPS) is 12.0. The molecule has 2 heterocycles. The molecule has 0 saturated carbocycles. The van der Waals surface area contributed by atoms with Gasteiger partial charge in [-0.25, -0.2) is 4.98 Å². The molecule has 7 heteroatoms. The summed E-state index contributed by atoms with van der Waals surface area (Å²) in [6.07, 6.45) is -1.36. The van der Waals surface area contributed by atoms with Crippen molar-refractivity contribution in [1.29, 1.82) is 0 Å². The summed E-state index contributed by atoms with van der Waals surface area (Å²) in [4.78, 5) is 5.66. The highest BCUT2D eigenvalue weighted by Crippen LogP contribution is 2.26. The molecule has 0 aliphatic rings. The maximum atomic E-state index is 12.8. The third-order valence-corrected chi connectivity index (χ3v) is 3.15. The molecule has 0 saturated heterocycles. The molecule has 21 heavy (non-hydrogen) atoms. The molecule has 0 unspecified atom stereocenters. The number of halogens is 3. The average molecular weight is 300 g/mol. The first-order valence-electron chi connectivity index (χ1n) is 6.94. The van der Waals surface area contributed by atoms with Crippen molar-refractivity contribution in [2.24, 2.45) is 5.73 Å². The molecule has 0 amide bonds. The first-order chi connectivity index (χ1) is 9.96. The number of anilines is 1. The SMILES string of the molecule is CCCN(CC(F)(F)F)c1nc2ccccn2c1CCN. The van der Waals surface area contributed by atoms with Crippen LogP contribution in [0.4, 0.5) is 19.0 Å². The summed E-state index contributed by atoms with van der Waals surface area (Å²) < 4.78 is 40.2. The molecule has 0 fully saturated rings. The number of imidazole rings is 1. The summed E-state index contributed by atoms with van der Waals surface area (Å²) in [6.45, 7) is 1.52. The summed E-state index contributed by atoms with van der Waals surface area (Å²) in [5.74, 6) is 0.380. The van der Waals surface area contributed by atoms with Gasteiger partial charge in [-0.3, -0.25) is 0 Å². The predicted octanol–water partition coefficient (Wildman–Crippen LogP) is 2.61. The maximum Gasteiger partial charge on any atom is 0.405 e. The number of alkyl halides is 3. The lowest BCUT2D eigenvalue weighted by Crippen LogP contribution is -2.35. The quantitative estimate of drug-likeness (QED) is 0.892. The molecular formula is C14H19F3N4. The minimum atomic E-state index is -4.26. The third-order valence-electron chi connectivity index (χ3n) is 3.15. The van der Waals surface area contributed by atoms with Crippen LogP contribution < -0.4 is 10.6 Å². The molecule has 2 aromatic rings. The van der Waals surface area contributed by atoms with E-state index in [1.807, 2.05) is 19.1 Å². The summed E-state index contributed by atoms with van der Waals surface area (Å²) in [7, 11) is 0. The van der Waals surface area contributed by atoms with Crippen molar-refractivity contribution in [2.75, 3.05) is 24.5 Å². The van der Waals surface area contributed by atoms with Gasteiger partial charge in [-0.2, -0.15) is 13.2 Å². The zero-order chi connectivity index (χ0) is 15.5. The maximum absolute atomic E-state index is 12.8. The lowest BCUT2D eigenvalue weighted by atomic mass is 10.2.